The Kier molecular flexibility index (Phi) is 7.46. The fourth-order valence-electron chi connectivity index (χ4n) is 4.91. The Balaban J connectivity index is 1.78. The fraction of sp³-hybridized carbons (Fsp3) is 0.233. The molecule has 212 valence electrons. The number of ether oxygens (including phenoxy) is 5. The normalized spacial score (nSPS) is 16.2. The minimum atomic E-state index is -1.06. The van der Waals surface area contributed by atoms with E-state index in [0.29, 0.717) is 45.4 Å². The summed E-state index contributed by atoms with van der Waals surface area (Å²) >= 11 is 1.23. The summed E-state index contributed by atoms with van der Waals surface area (Å²) in [5, 5.41) is 11.9. The Morgan fingerprint density at radius 2 is 1.54 bits per heavy atom. The van der Waals surface area contributed by atoms with E-state index in [2.05, 4.69) is 4.98 Å². The van der Waals surface area contributed by atoms with Crippen LogP contribution in [0.1, 0.15) is 22.7 Å². The second-order valence-corrected chi connectivity index (χ2v) is 10.2. The van der Waals surface area contributed by atoms with Crippen LogP contribution in [0.5, 0.6) is 28.7 Å². The van der Waals surface area contributed by atoms with Gasteiger partial charge >= 0.3 is 5.91 Å². The van der Waals surface area contributed by atoms with Crippen molar-refractivity contribution in [2.24, 2.45) is 0 Å². The van der Waals surface area contributed by atoms with Crippen molar-refractivity contribution in [2.45, 2.75) is 13.0 Å². The zero-order valence-electron chi connectivity index (χ0n) is 23.3. The summed E-state index contributed by atoms with van der Waals surface area (Å²) in [7, 11) is 7.53. The van der Waals surface area contributed by atoms with Crippen LogP contribution in [0.3, 0.4) is 0 Å². The van der Waals surface area contributed by atoms with Crippen molar-refractivity contribution in [2.75, 3.05) is 40.4 Å². The summed E-state index contributed by atoms with van der Waals surface area (Å²) < 4.78 is 28.0. The second-order valence-electron chi connectivity index (χ2n) is 9.14. The van der Waals surface area contributed by atoms with Crippen molar-refractivity contribution in [3.05, 3.63) is 70.8 Å². The van der Waals surface area contributed by atoms with Gasteiger partial charge in [-0.15, -0.1) is 0 Å². The molecule has 11 heteroatoms. The molecule has 1 aliphatic rings. The number of anilines is 1. The lowest BCUT2D eigenvalue weighted by molar-refractivity contribution is -0.132. The molecule has 5 rings (SSSR count). The number of aromatic nitrogens is 1. The van der Waals surface area contributed by atoms with Crippen LogP contribution in [0.2, 0.25) is 0 Å². The number of ketones is 1. The topological polar surface area (TPSA) is 117 Å². The summed E-state index contributed by atoms with van der Waals surface area (Å²) in [4.78, 5) is 33.3. The predicted molar refractivity (Wildman–Crippen MR) is 155 cm³/mol. The highest BCUT2D eigenvalue weighted by molar-refractivity contribution is 7.22. The van der Waals surface area contributed by atoms with Gasteiger partial charge in [0.05, 0.1) is 57.4 Å². The summed E-state index contributed by atoms with van der Waals surface area (Å²) in [5.74, 6) is 0.210. The van der Waals surface area contributed by atoms with Gasteiger partial charge in [-0.25, -0.2) is 4.98 Å². The van der Waals surface area contributed by atoms with Crippen LogP contribution in [0.25, 0.3) is 16.0 Å². The molecule has 0 spiro atoms. The van der Waals surface area contributed by atoms with Crippen molar-refractivity contribution < 1.29 is 38.4 Å². The maximum atomic E-state index is 13.7. The molecule has 1 atom stereocenters. The number of hydrogen-bond acceptors (Lipinski definition) is 10. The number of fused-ring (bicyclic) bond motifs is 1. The van der Waals surface area contributed by atoms with Gasteiger partial charge in [-0.2, -0.15) is 0 Å². The third-order valence-corrected chi connectivity index (χ3v) is 7.92. The van der Waals surface area contributed by atoms with Gasteiger partial charge in [0.2, 0.25) is 5.75 Å². The van der Waals surface area contributed by atoms with Gasteiger partial charge in [-0.05, 0) is 66.6 Å². The van der Waals surface area contributed by atoms with Gasteiger partial charge < -0.3 is 28.8 Å². The zero-order chi connectivity index (χ0) is 29.4. The molecule has 1 aliphatic heterocycles. The highest BCUT2D eigenvalue weighted by atomic mass is 32.1. The molecule has 1 fully saturated rings. The molecule has 4 aromatic rings. The number of carbonyl (C=O) groups is 2. The van der Waals surface area contributed by atoms with Gasteiger partial charge in [0.25, 0.3) is 5.78 Å². The molecule has 2 heterocycles. The van der Waals surface area contributed by atoms with Crippen molar-refractivity contribution in [3.63, 3.8) is 0 Å². The molecule has 0 unspecified atom stereocenters. The summed E-state index contributed by atoms with van der Waals surface area (Å²) in [6.45, 7) is 1.82. The van der Waals surface area contributed by atoms with E-state index in [1.165, 1.54) is 37.6 Å². The van der Waals surface area contributed by atoms with E-state index in [1.807, 2.05) is 13.0 Å². The van der Waals surface area contributed by atoms with Crippen molar-refractivity contribution >= 4 is 44.1 Å². The minimum Gasteiger partial charge on any atom is -0.507 e. The Labute approximate surface area is 240 Å². The number of carbonyl (C=O) groups excluding carboxylic acids is 2. The maximum absolute atomic E-state index is 13.7. The van der Waals surface area contributed by atoms with E-state index in [0.717, 1.165) is 10.3 Å². The van der Waals surface area contributed by atoms with E-state index in [4.69, 9.17) is 23.7 Å². The van der Waals surface area contributed by atoms with Crippen LogP contribution >= 0.6 is 11.3 Å². The van der Waals surface area contributed by atoms with Crippen molar-refractivity contribution in [1.82, 2.24) is 4.98 Å². The van der Waals surface area contributed by atoms with Crippen LogP contribution in [-0.2, 0) is 9.59 Å². The highest BCUT2D eigenvalue weighted by Crippen LogP contribution is 2.48. The van der Waals surface area contributed by atoms with Gasteiger partial charge in [0, 0.05) is 5.56 Å². The average Bonchev–Trinajstić information content (AvgIpc) is 3.52. The number of aliphatic hydroxyl groups excluding tert-OH is 1. The lowest BCUT2D eigenvalue weighted by Crippen LogP contribution is -2.29. The Bertz CT molecular complexity index is 1690. The number of aryl methyl sites for hydroxylation is 1. The van der Waals surface area contributed by atoms with E-state index < -0.39 is 17.7 Å². The number of benzene rings is 3. The zero-order valence-corrected chi connectivity index (χ0v) is 24.1. The number of methoxy groups -OCH3 is 5. The molecule has 3 aromatic carbocycles. The first-order chi connectivity index (χ1) is 19.8. The van der Waals surface area contributed by atoms with E-state index in [1.54, 1.807) is 56.7 Å². The van der Waals surface area contributed by atoms with E-state index in [9.17, 15) is 14.7 Å². The average molecular weight is 577 g/mol. The first kappa shape index (κ1) is 27.8. The first-order valence-corrected chi connectivity index (χ1v) is 13.3. The largest absolute Gasteiger partial charge is 0.507 e. The minimum absolute atomic E-state index is 0.106. The standard InChI is InChI=1S/C30H28N2O8S/c1-15-11-16(7-10-20(15)37-3)26(33)24-25(17-12-21(38-4)28(40-6)22(13-17)39-5)32(29(35)27(24)34)30-31-19-9-8-18(36-2)14-23(19)41-30/h7-14,25,33H,1-6H3/b26-24+/t25-/m0/s1. The summed E-state index contributed by atoms with van der Waals surface area (Å²) in [6.07, 6.45) is 0. The molecule has 0 bridgehead atoms. The molecule has 10 nitrogen and oxygen atoms in total. The molecule has 0 aliphatic carbocycles. The van der Waals surface area contributed by atoms with Crippen molar-refractivity contribution in [1.29, 1.82) is 0 Å². The molecule has 0 saturated carbocycles. The lowest BCUT2D eigenvalue weighted by atomic mass is 9.94. The van der Waals surface area contributed by atoms with E-state index >= 15 is 0 Å². The number of Topliss-reactive ketones (excluding diaryl/α,β-unsaturated/α-hetero) is 1. The maximum Gasteiger partial charge on any atom is 0.301 e. The van der Waals surface area contributed by atoms with Crippen LogP contribution in [-0.4, -0.2) is 57.3 Å². The lowest BCUT2D eigenvalue weighted by Gasteiger charge is -2.24. The number of nitrogens with zero attached hydrogens (tertiary/aromatic N) is 2. The molecule has 1 saturated heterocycles. The van der Waals surface area contributed by atoms with Crippen LogP contribution in [0.15, 0.2) is 54.1 Å². The van der Waals surface area contributed by atoms with Crippen molar-refractivity contribution in [3.8, 4) is 28.7 Å². The van der Waals surface area contributed by atoms with Crippen LogP contribution in [0, 0.1) is 6.92 Å². The van der Waals surface area contributed by atoms with Gasteiger partial charge in [0.1, 0.15) is 17.3 Å². The summed E-state index contributed by atoms with van der Waals surface area (Å²) in [6, 6.07) is 12.6. The molecule has 1 N–H and O–H groups in total. The molecule has 1 aromatic heterocycles. The SMILES string of the molecule is COc1ccc2nc(N3C(=O)C(=O)/C(=C(/O)c4ccc(OC)c(C)c4)[C@@H]3c3cc(OC)c(OC)c(OC)c3)sc2c1. The number of hydrogen-bond donors (Lipinski definition) is 1. The van der Waals surface area contributed by atoms with Gasteiger partial charge in [-0.1, -0.05) is 11.3 Å². The number of thiazole rings is 1. The fourth-order valence-corrected chi connectivity index (χ4v) is 5.93. The Hall–Kier alpha value is -4.77. The quantitative estimate of drug-likeness (QED) is 0.170. The second kappa shape index (κ2) is 11.0. The number of rotatable bonds is 8. The Morgan fingerprint density at radius 3 is 2.12 bits per heavy atom. The molecule has 0 radical (unpaired) electrons. The van der Waals surface area contributed by atoms with Crippen LogP contribution in [0.4, 0.5) is 5.13 Å². The highest BCUT2D eigenvalue weighted by Gasteiger charge is 2.48. The summed E-state index contributed by atoms with van der Waals surface area (Å²) in [5.41, 5.74) is 2.07. The third kappa shape index (κ3) is 4.67. The first-order valence-electron chi connectivity index (χ1n) is 12.5. The van der Waals surface area contributed by atoms with Gasteiger partial charge in [0.15, 0.2) is 16.6 Å². The molecule has 41 heavy (non-hydrogen) atoms. The molecule has 1 amide bonds. The van der Waals surface area contributed by atoms with E-state index in [-0.39, 0.29) is 16.5 Å². The third-order valence-electron chi connectivity index (χ3n) is 6.91. The monoisotopic (exact) mass is 576 g/mol. The number of amides is 1. The van der Waals surface area contributed by atoms with Gasteiger partial charge in [-0.3, -0.25) is 14.5 Å². The molecular weight excluding hydrogens is 548 g/mol. The smallest absolute Gasteiger partial charge is 0.301 e. The number of aliphatic hydroxyl groups is 1. The predicted octanol–water partition coefficient (Wildman–Crippen LogP) is 5.27. The Morgan fingerprint density at radius 1 is 0.854 bits per heavy atom. The molecular formula is C30H28N2O8S. The van der Waals surface area contributed by atoms with Crippen LogP contribution < -0.4 is 28.6 Å².